The fourth-order valence-corrected chi connectivity index (χ4v) is 6.96. The zero-order valence-corrected chi connectivity index (χ0v) is 27.2. The molecule has 15 nitrogen and oxygen atoms in total. The van der Waals surface area contributed by atoms with Crippen LogP contribution in [0.5, 0.6) is 5.75 Å². The van der Waals surface area contributed by atoms with Gasteiger partial charge in [-0.05, 0) is 56.9 Å². The van der Waals surface area contributed by atoms with Gasteiger partial charge in [-0.25, -0.2) is 14.1 Å². The van der Waals surface area contributed by atoms with E-state index in [1.807, 2.05) is 6.07 Å². The maximum atomic E-state index is 14.1. The van der Waals surface area contributed by atoms with E-state index < -0.39 is 50.3 Å². The van der Waals surface area contributed by atoms with E-state index in [0.29, 0.717) is 5.52 Å². The Balaban J connectivity index is 1.36. The third kappa shape index (κ3) is 7.65. The Morgan fingerprint density at radius 3 is 2.55 bits per heavy atom. The second-order valence-electron chi connectivity index (χ2n) is 12.0. The third-order valence-electron chi connectivity index (χ3n) is 8.13. The van der Waals surface area contributed by atoms with Gasteiger partial charge in [0.15, 0.2) is 5.82 Å². The van der Waals surface area contributed by atoms with Crippen molar-refractivity contribution in [3.8, 4) is 11.8 Å². The molecule has 1 saturated carbocycles. The lowest BCUT2D eigenvalue weighted by Crippen LogP contribution is -2.46. The van der Waals surface area contributed by atoms with Crippen LogP contribution in [0.4, 0.5) is 5.82 Å². The van der Waals surface area contributed by atoms with Gasteiger partial charge in [0.05, 0.1) is 5.69 Å². The van der Waals surface area contributed by atoms with Gasteiger partial charge in [-0.2, -0.15) is 15.4 Å². The van der Waals surface area contributed by atoms with Crippen LogP contribution in [0, 0.1) is 17.2 Å². The van der Waals surface area contributed by atoms with E-state index in [2.05, 4.69) is 20.5 Å². The molecule has 5 rings (SSSR count). The van der Waals surface area contributed by atoms with Gasteiger partial charge in [0.2, 0.25) is 11.5 Å². The van der Waals surface area contributed by atoms with Gasteiger partial charge in [0.25, 0.3) is 0 Å². The van der Waals surface area contributed by atoms with Crippen LogP contribution < -0.4 is 14.9 Å². The maximum Gasteiger partial charge on any atom is 0.459 e. The van der Waals surface area contributed by atoms with Crippen LogP contribution in [0.2, 0.25) is 0 Å². The molecule has 6 atom stereocenters. The zero-order valence-electron chi connectivity index (χ0n) is 26.3. The summed E-state index contributed by atoms with van der Waals surface area (Å²) in [6, 6.07) is 11.9. The molecule has 1 aromatic carbocycles. The number of rotatable bonds is 12. The van der Waals surface area contributed by atoms with Crippen molar-refractivity contribution < 1.29 is 42.9 Å². The average Bonchev–Trinajstić information content (AvgIpc) is 3.60. The number of anilines is 1. The van der Waals surface area contributed by atoms with E-state index in [9.17, 15) is 29.6 Å². The number of aliphatic hydroxyl groups is 2. The van der Waals surface area contributed by atoms with Gasteiger partial charge >= 0.3 is 13.7 Å². The first-order chi connectivity index (χ1) is 22.4. The summed E-state index contributed by atoms with van der Waals surface area (Å²) in [6.45, 7) is 4.09. The number of carbonyl (C=O) groups excluding carboxylic acids is 2. The van der Waals surface area contributed by atoms with E-state index in [1.165, 1.54) is 29.9 Å². The molecule has 16 heteroatoms. The Morgan fingerprint density at radius 2 is 1.87 bits per heavy atom. The highest BCUT2D eigenvalue weighted by Crippen LogP contribution is 2.48. The molecule has 1 saturated heterocycles. The number of aromatic nitrogens is 3. The number of carbonyl (C=O) groups is 2. The number of benzene rings is 1. The number of aliphatic hydroxyl groups excluding tert-OH is 2. The molecule has 2 aromatic heterocycles. The van der Waals surface area contributed by atoms with E-state index in [-0.39, 0.29) is 35.2 Å². The molecule has 1 aliphatic heterocycles. The normalized spacial score (nSPS) is 25.2. The summed E-state index contributed by atoms with van der Waals surface area (Å²) in [6.07, 6.45) is 0.649. The van der Waals surface area contributed by atoms with Crippen LogP contribution in [0.1, 0.15) is 64.7 Å². The number of fused-ring (bicyclic) bond motifs is 1. The molecular formula is C31H39N6O9P. The Labute approximate surface area is 271 Å². The Bertz CT molecular complexity index is 1660. The maximum absolute atomic E-state index is 14.1. The van der Waals surface area contributed by atoms with Crippen LogP contribution >= 0.6 is 7.75 Å². The Hall–Kier alpha value is -3.90. The molecule has 3 heterocycles. The second kappa shape index (κ2) is 14.5. The first kappa shape index (κ1) is 34.4. The number of hydrogen-bond donors (Lipinski definition) is 4. The number of nitriles is 1. The molecule has 1 amide bonds. The van der Waals surface area contributed by atoms with E-state index in [4.69, 9.17) is 18.5 Å². The van der Waals surface area contributed by atoms with Crippen molar-refractivity contribution in [2.24, 2.45) is 5.92 Å². The molecule has 47 heavy (non-hydrogen) atoms. The number of nitrogens with one attached hydrogen (secondary N) is 2. The summed E-state index contributed by atoms with van der Waals surface area (Å²) in [5.74, 6) is -0.866. The Morgan fingerprint density at radius 1 is 1.15 bits per heavy atom. The molecule has 0 radical (unpaired) electrons. The second-order valence-corrected chi connectivity index (χ2v) is 13.7. The first-order valence-electron chi connectivity index (χ1n) is 15.5. The van der Waals surface area contributed by atoms with Crippen molar-refractivity contribution in [2.45, 2.75) is 88.9 Å². The van der Waals surface area contributed by atoms with Gasteiger partial charge in [-0.3, -0.25) is 14.1 Å². The fraction of sp³-hybridized carbons (Fsp3) is 0.516. The molecule has 3 aromatic rings. The standard InChI is InChI=1S/C31H39N6O9P/c1-19(2)29(40)35-28-24-15-14-23(37(24)34-18-33-28)26-25(38)27(39)31(16-32,45-26)17-43-47(42,46-22-12-8-5-9-13-22)36-20(3)30(41)44-21-10-6-4-7-11-21/h5,8-9,12-15,18-21,25-27,38-39H,4,6-7,10-11,17H2,1-3H3,(H,36,42)(H,33,34,35,40)/t20-,25-,26-,27-,31+,47?/m0/s1. The highest BCUT2D eigenvalue weighted by molar-refractivity contribution is 7.52. The van der Waals surface area contributed by atoms with Crippen molar-refractivity contribution >= 4 is 31.0 Å². The summed E-state index contributed by atoms with van der Waals surface area (Å²) in [4.78, 5) is 29.4. The fourth-order valence-electron chi connectivity index (χ4n) is 5.44. The van der Waals surface area contributed by atoms with Crippen LogP contribution in [0.25, 0.3) is 5.52 Å². The van der Waals surface area contributed by atoms with Crippen LogP contribution in [0.15, 0.2) is 48.8 Å². The minimum absolute atomic E-state index is 0.146. The van der Waals surface area contributed by atoms with Crippen molar-refractivity contribution in [3.63, 3.8) is 0 Å². The highest BCUT2D eigenvalue weighted by Gasteiger charge is 2.57. The van der Waals surface area contributed by atoms with E-state index in [1.54, 1.807) is 44.2 Å². The smallest absolute Gasteiger partial charge is 0.459 e. The van der Waals surface area contributed by atoms with Crippen molar-refractivity contribution in [3.05, 3.63) is 54.5 Å². The van der Waals surface area contributed by atoms with Crippen molar-refractivity contribution in [2.75, 3.05) is 11.9 Å². The SMILES string of the molecule is CC(C)C(=O)Nc1ncnn2c([C@@H]3O[C@](C#N)(COP(=O)(N[C@@H](C)C(=O)OC4CCCCC4)Oc4ccccc4)[C@@H](O)[C@H]3O)ccc12. The van der Waals surface area contributed by atoms with Gasteiger partial charge in [0.1, 0.15) is 60.7 Å². The largest absolute Gasteiger partial charge is 0.461 e. The molecule has 1 unspecified atom stereocenters. The molecule has 252 valence electrons. The van der Waals surface area contributed by atoms with Gasteiger partial charge in [-0.1, -0.05) is 38.5 Å². The number of esters is 1. The minimum atomic E-state index is -4.45. The summed E-state index contributed by atoms with van der Waals surface area (Å²) >= 11 is 0. The predicted molar refractivity (Wildman–Crippen MR) is 167 cm³/mol. The first-order valence-corrected chi connectivity index (χ1v) is 17.1. The Kier molecular flexibility index (Phi) is 10.6. The molecule has 1 aliphatic carbocycles. The summed E-state index contributed by atoms with van der Waals surface area (Å²) in [5, 5.41) is 42.0. The average molecular weight is 671 g/mol. The summed E-state index contributed by atoms with van der Waals surface area (Å²) in [5.41, 5.74) is -1.60. The van der Waals surface area contributed by atoms with Gasteiger partial charge in [0, 0.05) is 5.92 Å². The molecule has 0 bridgehead atoms. The number of ether oxygens (including phenoxy) is 2. The number of para-hydroxylation sites is 1. The number of amides is 1. The van der Waals surface area contributed by atoms with Crippen molar-refractivity contribution in [1.29, 1.82) is 5.26 Å². The molecule has 2 aliphatic rings. The lowest BCUT2D eigenvalue weighted by molar-refractivity contribution is -0.152. The summed E-state index contributed by atoms with van der Waals surface area (Å²) < 4.78 is 38.5. The number of hydrogen-bond acceptors (Lipinski definition) is 12. The monoisotopic (exact) mass is 670 g/mol. The van der Waals surface area contributed by atoms with Gasteiger partial charge in [-0.15, -0.1) is 0 Å². The number of nitrogens with zero attached hydrogens (tertiary/aromatic N) is 4. The van der Waals surface area contributed by atoms with Gasteiger partial charge < -0.3 is 29.5 Å². The van der Waals surface area contributed by atoms with Crippen molar-refractivity contribution in [1.82, 2.24) is 19.7 Å². The van der Waals surface area contributed by atoms with Crippen LogP contribution in [-0.4, -0.2) is 73.2 Å². The van der Waals surface area contributed by atoms with Crippen LogP contribution in [-0.2, 0) is 28.2 Å². The lowest BCUT2D eigenvalue weighted by atomic mass is 9.96. The minimum Gasteiger partial charge on any atom is -0.461 e. The quantitative estimate of drug-likeness (QED) is 0.161. The zero-order chi connectivity index (χ0) is 33.8. The molecule has 4 N–H and O–H groups in total. The molecular weight excluding hydrogens is 631 g/mol. The predicted octanol–water partition coefficient (Wildman–Crippen LogP) is 3.44. The lowest BCUT2D eigenvalue weighted by Gasteiger charge is -2.29. The summed E-state index contributed by atoms with van der Waals surface area (Å²) in [7, 11) is -4.45. The topological polar surface area (TPSA) is 207 Å². The van der Waals surface area contributed by atoms with E-state index >= 15 is 0 Å². The van der Waals surface area contributed by atoms with Crippen LogP contribution in [0.3, 0.4) is 0 Å². The molecule has 2 fully saturated rings. The molecule has 0 spiro atoms. The van der Waals surface area contributed by atoms with E-state index in [0.717, 1.165) is 32.1 Å². The highest BCUT2D eigenvalue weighted by atomic mass is 31.2. The third-order valence-corrected chi connectivity index (χ3v) is 9.76.